The lowest BCUT2D eigenvalue weighted by atomic mass is 10.3. The van der Waals surface area contributed by atoms with Crippen LogP contribution in [-0.2, 0) is 13.1 Å². The minimum absolute atomic E-state index is 0.296. The number of para-hydroxylation sites is 2. The molecule has 0 aliphatic heterocycles. The zero-order valence-corrected chi connectivity index (χ0v) is 11.7. The van der Waals surface area contributed by atoms with Gasteiger partial charge in [-0.1, -0.05) is 12.1 Å². The molecule has 0 fully saturated rings. The Labute approximate surface area is 117 Å². The fourth-order valence-electron chi connectivity index (χ4n) is 2.17. The molecule has 20 heavy (non-hydrogen) atoms. The lowest BCUT2D eigenvalue weighted by Gasteiger charge is -2.12. The molecule has 0 radical (unpaired) electrons. The van der Waals surface area contributed by atoms with Crippen molar-refractivity contribution < 1.29 is 4.42 Å². The molecule has 0 amide bonds. The summed E-state index contributed by atoms with van der Waals surface area (Å²) in [6, 6.07) is 8.10. The predicted octanol–water partition coefficient (Wildman–Crippen LogP) is 2.51. The summed E-state index contributed by atoms with van der Waals surface area (Å²) in [6.07, 6.45) is 3.91. The van der Waals surface area contributed by atoms with E-state index in [1.54, 1.807) is 0 Å². The summed E-state index contributed by atoms with van der Waals surface area (Å²) in [6.45, 7) is 5.61. The second-order valence-corrected chi connectivity index (χ2v) is 5.10. The molecule has 104 valence electrons. The topological polar surface area (TPSA) is 55.9 Å². The predicted molar refractivity (Wildman–Crippen MR) is 77.3 cm³/mol. The van der Waals surface area contributed by atoms with E-state index in [2.05, 4.69) is 22.3 Å². The molecule has 3 aromatic rings. The van der Waals surface area contributed by atoms with Crippen LogP contribution in [0.2, 0.25) is 0 Å². The van der Waals surface area contributed by atoms with Gasteiger partial charge in [-0.25, -0.2) is 4.98 Å². The summed E-state index contributed by atoms with van der Waals surface area (Å²) in [5.41, 5.74) is 2.91. The third-order valence-corrected chi connectivity index (χ3v) is 3.16. The third-order valence-electron chi connectivity index (χ3n) is 3.16. The van der Waals surface area contributed by atoms with E-state index in [1.165, 1.54) is 5.56 Å². The fourth-order valence-corrected chi connectivity index (χ4v) is 2.17. The maximum atomic E-state index is 5.68. The van der Waals surface area contributed by atoms with Gasteiger partial charge in [-0.3, -0.25) is 4.68 Å². The Hall–Kier alpha value is -2.14. The van der Waals surface area contributed by atoms with Crippen molar-refractivity contribution in [3.8, 4) is 0 Å². The first kappa shape index (κ1) is 12.9. The summed E-state index contributed by atoms with van der Waals surface area (Å²) in [5, 5.41) is 7.68. The van der Waals surface area contributed by atoms with Crippen molar-refractivity contribution in [2.24, 2.45) is 0 Å². The smallest absolute Gasteiger partial charge is 0.209 e. The number of nitrogens with one attached hydrogen (secondary N) is 1. The van der Waals surface area contributed by atoms with Gasteiger partial charge in [-0.05, 0) is 31.5 Å². The van der Waals surface area contributed by atoms with Gasteiger partial charge in [-0.15, -0.1) is 0 Å². The molecule has 1 aromatic carbocycles. The molecule has 0 saturated carbocycles. The van der Waals surface area contributed by atoms with Gasteiger partial charge in [0.15, 0.2) is 5.58 Å². The Morgan fingerprint density at radius 2 is 2.20 bits per heavy atom. The SMILES string of the molecule is Cc1cnn(CC(C)NCc2nc3ccccc3o2)c1. The van der Waals surface area contributed by atoms with Crippen molar-refractivity contribution in [1.29, 1.82) is 0 Å². The third kappa shape index (κ3) is 2.88. The molecule has 0 aliphatic rings. The van der Waals surface area contributed by atoms with Gasteiger partial charge in [-0.2, -0.15) is 5.10 Å². The zero-order valence-electron chi connectivity index (χ0n) is 11.7. The van der Waals surface area contributed by atoms with E-state index in [9.17, 15) is 0 Å². The van der Waals surface area contributed by atoms with Gasteiger partial charge in [0, 0.05) is 12.2 Å². The Morgan fingerprint density at radius 3 is 2.95 bits per heavy atom. The number of fused-ring (bicyclic) bond motifs is 1. The summed E-state index contributed by atoms with van der Waals surface area (Å²) in [5.74, 6) is 0.717. The monoisotopic (exact) mass is 270 g/mol. The van der Waals surface area contributed by atoms with Gasteiger partial charge in [0.05, 0.1) is 19.3 Å². The maximum Gasteiger partial charge on any atom is 0.209 e. The molecule has 0 spiro atoms. The van der Waals surface area contributed by atoms with Crippen LogP contribution in [-0.4, -0.2) is 20.8 Å². The zero-order chi connectivity index (χ0) is 13.9. The van der Waals surface area contributed by atoms with Crippen LogP contribution < -0.4 is 5.32 Å². The van der Waals surface area contributed by atoms with Gasteiger partial charge in [0.2, 0.25) is 5.89 Å². The molecule has 0 bridgehead atoms. The molecule has 0 saturated heterocycles. The first-order chi connectivity index (χ1) is 9.70. The second kappa shape index (κ2) is 5.46. The summed E-state index contributed by atoms with van der Waals surface area (Å²) >= 11 is 0. The highest BCUT2D eigenvalue weighted by Gasteiger charge is 2.08. The molecular formula is C15H18N4O. The standard InChI is InChI=1S/C15H18N4O/c1-11-7-17-19(9-11)10-12(2)16-8-15-18-13-5-3-4-6-14(13)20-15/h3-7,9,12,16H,8,10H2,1-2H3. The van der Waals surface area contributed by atoms with Crippen LogP contribution >= 0.6 is 0 Å². The van der Waals surface area contributed by atoms with Crippen LogP contribution in [0.25, 0.3) is 11.1 Å². The van der Waals surface area contributed by atoms with Gasteiger partial charge in [0.25, 0.3) is 0 Å². The number of aromatic nitrogens is 3. The fraction of sp³-hybridized carbons (Fsp3) is 0.333. The molecule has 5 nitrogen and oxygen atoms in total. The normalized spacial score (nSPS) is 12.9. The Balaban J connectivity index is 1.58. The number of benzene rings is 1. The molecule has 1 unspecified atom stereocenters. The molecule has 1 N–H and O–H groups in total. The number of hydrogen-bond acceptors (Lipinski definition) is 4. The molecule has 2 heterocycles. The van der Waals surface area contributed by atoms with Crippen LogP contribution in [0.3, 0.4) is 0 Å². The number of oxazole rings is 1. The van der Waals surface area contributed by atoms with Gasteiger partial charge >= 0.3 is 0 Å². The lowest BCUT2D eigenvalue weighted by molar-refractivity contribution is 0.416. The van der Waals surface area contributed by atoms with Crippen molar-refractivity contribution >= 4 is 11.1 Å². The highest BCUT2D eigenvalue weighted by Crippen LogP contribution is 2.14. The molecular weight excluding hydrogens is 252 g/mol. The summed E-state index contributed by atoms with van der Waals surface area (Å²) < 4.78 is 7.62. The number of aryl methyl sites for hydroxylation is 1. The first-order valence-corrected chi connectivity index (χ1v) is 6.77. The highest BCUT2D eigenvalue weighted by atomic mass is 16.3. The van der Waals surface area contributed by atoms with Crippen LogP contribution in [0.5, 0.6) is 0 Å². The Bertz CT molecular complexity index is 668. The Kier molecular flexibility index (Phi) is 3.52. The summed E-state index contributed by atoms with van der Waals surface area (Å²) in [7, 11) is 0. The van der Waals surface area contributed by atoms with Gasteiger partial charge in [0.1, 0.15) is 5.52 Å². The molecule has 0 aliphatic carbocycles. The number of nitrogens with zero attached hydrogens (tertiary/aromatic N) is 3. The minimum atomic E-state index is 0.296. The molecule has 2 aromatic heterocycles. The number of rotatable bonds is 5. The van der Waals surface area contributed by atoms with Crippen molar-refractivity contribution in [3.63, 3.8) is 0 Å². The largest absolute Gasteiger partial charge is 0.439 e. The minimum Gasteiger partial charge on any atom is -0.439 e. The molecule has 3 rings (SSSR count). The van der Waals surface area contributed by atoms with Crippen molar-refractivity contribution in [1.82, 2.24) is 20.1 Å². The molecule has 1 atom stereocenters. The van der Waals surface area contributed by atoms with E-state index in [-0.39, 0.29) is 0 Å². The number of hydrogen-bond donors (Lipinski definition) is 1. The maximum absolute atomic E-state index is 5.68. The highest BCUT2D eigenvalue weighted by molar-refractivity contribution is 5.72. The van der Waals surface area contributed by atoms with Crippen LogP contribution in [0.15, 0.2) is 41.1 Å². The van der Waals surface area contributed by atoms with Gasteiger partial charge < -0.3 is 9.73 Å². The van der Waals surface area contributed by atoms with E-state index in [4.69, 9.17) is 4.42 Å². The first-order valence-electron chi connectivity index (χ1n) is 6.77. The van der Waals surface area contributed by atoms with E-state index in [0.29, 0.717) is 12.6 Å². The Morgan fingerprint density at radius 1 is 1.35 bits per heavy atom. The van der Waals surface area contributed by atoms with E-state index >= 15 is 0 Å². The van der Waals surface area contributed by atoms with E-state index in [1.807, 2.05) is 48.3 Å². The van der Waals surface area contributed by atoms with E-state index in [0.717, 1.165) is 23.5 Å². The van der Waals surface area contributed by atoms with Crippen molar-refractivity contribution in [3.05, 3.63) is 48.1 Å². The lowest BCUT2D eigenvalue weighted by Crippen LogP contribution is -2.30. The van der Waals surface area contributed by atoms with Crippen LogP contribution in [0.1, 0.15) is 18.4 Å². The second-order valence-electron chi connectivity index (χ2n) is 5.10. The van der Waals surface area contributed by atoms with Crippen LogP contribution in [0.4, 0.5) is 0 Å². The van der Waals surface area contributed by atoms with Crippen molar-refractivity contribution in [2.45, 2.75) is 33.0 Å². The van der Waals surface area contributed by atoms with Crippen LogP contribution in [0, 0.1) is 6.92 Å². The quantitative estimate of drug-likeness (QED) is 0.774. The average molecular weight is 270 g/mol. The van der Waals surface area contributed by atoms with Crippen molar-refractivity contribution in [2.75, 3.05) is 0 Å². The molecule has 5 heteroatoms. The van der Waals surface area contributed by atoms with E-state index < -0.39 is 0 Å². The average Bonchev–Trinajstić information content (AvgIpc) is 3.02. The summed E-state index contributed by atoms with van der Waals surface area (Å²) in [4.78, 5) is 4.44.